The normalized spacial score (nSPS) is 41.4. The lowest BCUT2D eigenvalue weighted by Crippen LogP contribution is -2.60. The quantitative estimate of drug-likeness (QED) is 0.712. The summed E-state index contributed by atoms with van der Waals surface area (Å²) in [6, 6.07) is 3.92. The van der Waals surface area contributed by atoms with E-state index < -0.39 is 5.79 Å². The van der Waals surface area contributed by atoms with Crippen molar-refractivity contribution < 1.29 is 28.5 Å². The monoisotopic (exact) mass is 356 g/mol. The van der Waals surface area contributed by atoms with E-state index in [1.807, 2.05) is 12.1 Å². The van der Waals surface area contributed by atoms with Crippen molar-refractivity contribution in [3.63, 3.8) is 0 Å². The van der Waals surface area contributed by atoms with E-state index in [-0.39, 0.29) is 37.1 Å². The minimum Gasteiger partial charge on any atom is -0.465 e. The lowest BCUT2D eigenvalue weighted by Gasteiger charge is -2.54. The Hall–Kier alpha value is -2.21. The number of ketones is 1. The maximum absolute atomic E-state index is 12.8. The summed E-state index contributed by atoms with van der Waals surface area (Å²) in [5, 5.41) is 0. The first kappa shape index (κ1) is 14.9. The van der Waals surface area contributed by atoms with E-state index in [0.29, 0.717) is 23.3 Å². The van der Waals surface area contributed by atoms with E-state index in [4.69, 9.17) is 23.7 Å². The topological polar surface area (TPSA) is 63.2 Å². The van der Waals surface area contributed by atoms with Crippen LogP contribution >= 0.6 is 0 Å². The summed E-state index contributed by atoms with van der Waals surface area (Å²) in [4.78, 5) is 12.8. The highest BCUT2D eigenvalue weighted by Crippen LogP contribution is 2.63. The molecule has 3 heterocycles. The minimum atomic E-state index is -1.00. The van der Waals surface area contributed by atoms with Gasteiger partial charge in [0.2, 0.25) is 6.79 Å². The molecule has 1 saturated carbocycles. The Morgan fingerprint density at radius 2 is 1.85 bits per heavy atom. The standard InChI is InChI=1S/C20H20O6/c1-9-3-11-13(21)5-17-20(25-8-24-17)19(11)18(10(9)2)12-4-15-16(23-7-22-15)6-14(12)26-20/h4-6,9-11,18-19H,3,7-8H2,1-2H3/t9-,10+,11+,18+,19+,20+/m0/s1. The van der Waals surface area contributed by atoms with Gasteiger partial charge in [-0.3, -0.25) is 9.53 Å². The zero-order valence-electron chi connectivity index (χ0n) is 14.7. The van der Waals surface area contributed by atoms with Gasteiger partial charge in [-0.2, -0.15) is 0 Å². The van der Waals surface area contributed by atoms with E-state index in [0.717, 1.165) is 23.5 Å². The second-order valence-corrected chi connectivity index (χ2v) is 8.06. The van der Waals surface area contributed by atoms with Gasteiger partial charge in [-0.15, -0.1) is 0 Å². The molecular weight excluding hydrogens is 336 g/mol. The first-order valence-electron chi connectivity index (χ1n) is 9.24. The summed E-state index contributed by atoms with van der Waals surface area (Å²) in [5.74, 6) is 2.54. The zero-order chi connectivity index (χ0) is 17.6. The van der Waals surface area contributed by atoms with E-state index >= 15 is 0 Å². The van der Waals surface area contributed by atoms with Crippen LogP contribution in [0.15, 0.2) is 24.0 Å². The lowest BCUT2D eigenvalue weighted by atomic mass is 9.55. The number of rotatable bonds is 0. The molecule has 3 aliphatic heterocycles. The van der Waals surface area contributed by atoms with Crippen molar-refractivity contribution in [2.24, 2.45) is 23.7 Å². The highest BCUT2D eigenvalue weighted by atomic mass is 16.8. The molecule has 1 spiro atoms. The molecule has 0 aromatic heterocycles. The number of fused-ring (bicyclic) bond motifs is 3. The van der Waals surface area contributed by atoms with Crippen LogP contribution in [-0.4, -0.2) is 25.2 Å². The molecule has 6 nitrogen and oxygen atoms in total. The molecule has 136 valence electrons. The van der Waals surface area contributed by atoms with Crippen molar-refractivity contribution in [3.05, 3.63) is 29.5 Å². The van der Waals surface area contributed by atoms with Crippen LogP contribution in [0, 0.1) is 23.7 Å². The van der Waals surface area contributed by atoms with Gasteiger partial charge in [0.1, 0.15) is 5.75 Å². The molecule has 5 aliphatic rings. The lowest BCUT2D eigenvalue weighted by molar-refractivity contribution is -0.212. The maximum atomic E-state index is 12.8. The smallest absolute Gasteiger partial charge is 0.276 e. The van der Waals surface area contributed by atoms with Gasteiger partial charge in [0.15, 0.2) is 29.8 Å². The number of hydrogen-bond acceptors (Lipinski definition) is 6. The third-order valence-electron chi connectivity index (χ3n) is 6.94. The van der Waals surface area contributed by atoms with Gasteiger partial charge in [-0.05, 0) is 24.3 Å². The molecule has 0 bridgehead atoms. The second-order valence-electron chi connectivity index (χ2n) is 8.06. The number of ether oxygens (including phenoxy) is 5. The molecule has 0 amide bonds. The SMILES string of the molecule is C[C@H]1[C@@H]2c3cc4c(cc3O[C@]35OCOC3=CC(=O)[C@@H](C[C@@H]1C)[C@H]25)OCO4. The third-order valence-corrected chi connectivity index (χ3v) is 6.94. The van der Waals surface area contributed by atoms with Crippen LogP contribution in [-0.2, 0) is 14.3 Å². The number of allylic oxidation sites excluding steroid dienone is 1. The van der Waals surface area contributed by atoms with Gasteiger partial charge in [-0.25, -0.2) is 0 Å². The summed E-state index contributed by atoms with van der Waals surface area (Å²) in [6.07, 6.45) is 2.44. The summed E-state index contributed by atoms with van der Waals surface area (Å²) in [6.45, 7) is 4.82. The van der Waals surface area contributed by atoms with Crippen LogP contribution < -0.4 is 14.2 Å². The average Bonchev–Trinajstić information content (AvgIpc) is 3.23. The van der Waals surface area contributed by atoms with Crippen LogP contribution in [0.3, 0.4) is 0 Å². The van der Waals surface area contributed by atoms with E-state index in [1.54, 1.807) is 6.08 Å². The van der Waals surface area contributed by atoms with Crippen molar-refractivity contribution in [1.29, 1.82) is 0 Å². The number of carbonyl (C=O) groups is 1. The van der Waals surface area contributed by atoms with Crippen LogP contribution in [0.2, 0.25) is 0 Å². The summed E-state index contributed by atoms with van der Waals surface area (Å²) in [7, 11) is 0. The van der Waals surface area contributed by atoms with Gasteiger partial charge in [0.05, 0.1) is 0 Å². The van der Waals surface area contributed by atoms with Gasteiger partial charge in [-0.1, -0.05) is 13.8 Å². The molecule has 0 radical (unpaired) electrons. The van der Waals surface area contributed by atoms with Crippen molar-refractivity contribution in [3.8, 4) is 17.2 Å². The van der Waals surface area contributed by atoms with Crippen molar-refractivity contribution in [2.45, 2.75) is 32.0 Å². The Morgan fingerprint density at radius 1 is 1.04 bits per heavy atom. The third kappa shape index (κ3) is 1.64. The Bertz CT molecular complexity index is 860. The molecule has 6 atom stereocenters. The minimum absolute atomic E-state index is 0.0865. The summed E-state index contributed by atoms with van der Waals surface area (Å²) >= 11 is 0. The molecule has 2 aliphatic carbocycles. The van der Waals surface area contributed by atoms with Gasteiger partial charge >= 0.3 is 0 Å². The Kier molecular flexibility index (Phi) is 2.72. The average molecular weight is 356 g/mol. The largest absolute Gasteiger partial charge is 0.465 e. The van der Waals surface area contributed by atoms with Crippen molar-refractivity contribution >= 4 is 5.78 Å². The van der Waals surface area contributed by atoms with Gasteiger partial charge < -0.3 is 18.9 Å². The molecule has 2 fully saturated rings. The molecule has 1 aromatic carbocycles. The molecule has 6 rings (SSSR count). The number of hydrogen-bond donors (Lipinski definition) is 0. The predicted molar refractivity (Wildman–Crippen MR) is 88.7 cm³/mol. The Labute approximate surface area is 151 Å². The van der Waals surface area contributed by atoms with E-state index in [9.17, 15) is 4.79 Å². The summed E-state index contributed by atoms with van der Waals surface area (Å²) in [5.41, 5.74) is 1.08. The highest BCUT2D eigenvalue weighted by molar-refractivity contribution is 5.94. The molecular formula is C20H20O6. The van der Waals surface area contributed by atoms with Crippen molar-refractivity contribution in [2.75, 3.05) is 13.6 Å². The predicted octanol–water partition coefficient (Wildman–Crippen LogP) is 2.97. The molecule has 0 N–H and O–H groups in total. The van der Waals surface area contributed by atoms with Crippen molar-refractivity contribution in [1.82, 2.24) is 0 Å². The van der Waals surface area contributed by atoms with E-state index in [2.05, 4.69) is 13.8 Å². The van der Waals surface area contributed by atoms with Crippen LogP contribution in [0.5, 0.6) is 17.2 Å². The second kappa shape index (κ2) is 4.74. The number of benzene rings is 1. The Morgan fingerprint density at radius 3 is 2.69 bits per heavy atom. The molecule has 0 unspecified atom stereocenters. The summed E-state index contributed by atoms with van der Waals surface area (Å²) < 4.78 is 29.3. The van der Waals surface area contributed by atoms with Gasteiger partial charge in [0, 0.05) is 35.5 Å². The van der Waals surface area contributed by atoms with Crippen LogP contribution in [0.25, 0.3) is 0 Å². The molecule has 1 saturated heterocycles. The first-order chi connectivity index (χ1) is 12.6. The van der Waals surface area contributed by atoms with Gasteiger partial charge in [0.25, 0.3) is 5.79 Å². The van der Waals surface area contributed by atoms with E-state index in [1.165, 1.54) is 0 Å². The fraction of sp³-hybridized carbons (Fsp3) is 0.550. The highest BCUT2D eigenvalue weighted by Gasteiger charge is 2.66. The van der Waals surface area contributed by atoms with Crippen LogP contribution in [0.4, 0.5) is 0 Å². The maximum Gasteiger partial charge on any atom is 0.276 e. The first-order valence-corrected chi connectivity index (χ1v) is 9.24. The Balaban J connectivity index is 1.61. The van der Waals surface area contributed by atoms with Crippen LogP contribution in [0.1, 0.15) is 31.7 Å². The molecule has 6 heteroatoms. The fourth-order valence-corrected chi connectivity index (χ4v) is 5.55. The molecule has 1 aromatic rings. The number of carbonyl (C=O) groups excluding carboxylic acids is 1. The zero-order valence-corrected chi connectivity index (χ0v) is 14.7. The fourth-order valence-electron chi connectivity index (χ4n) is 5.55. The molecule has 26 heavy (non-hydrogen) atoms.